The molecule has 0 spiro atoms. The Hall–Kier alpha value is -2.33. The fraction of sp³-hybridized carbons (Fsp3) is 0.0667. The van der Waals surface area contributed by atoms with Crippen LogP contribution in [0.2, 0.25) is 5.02 Å². The van der Waals surface area contributed by atoms with E-state index >= 15 is 0 Å². The van der Waals surface area contributed by atoms with Gasteiger partial charge in [-0.25, -0.2) is 0 Å². The molecule has 0 saturated heterocycles. The Morgan fingerprint density at radius 3 is 2.90 bits per heavy atom. The second-order valence-electron chi connectivity index (χ2n) is 4.34. The minimum Gasteiger partial charge on any atom is -0.469 e. The van der Waals surface area contributed by atoms with Gasteiger partial charge in [0, 0.05) is 11.6 Å². The molecule has 5 heteroatoms. The van der Waals surface area contributed by atoms with Crippen LogP contribution in [0, 0.1) is 6.92 Å². The summed E-state index contributed by atoms with van der Waals surface area (Å²) < 4.78 is 5.13. The number of hydrogen-bond acceptors (Lipinski definition) is 3. The molecule has 0 fully saturated rings. The highest BCUT2D eigenvalue weighted by Crippen LogP contribution is 2.28. The Kier molecular flexibility index (Phi) is 3.16. The number of fused-ring (bicyclic) bond motifs is 1. The van der Waals surface area contributed by atoms with Crippen LogP contribution in [-0.2, 0) is 0 Å². The van der Waals surface area contributed by atoms with E-state index in [9.17, 15) is 4.79 Å². The molecule has 1 N–H and O–H groups in total. The number of anilines is 1. The number of furan rings is 1. The molecule has 0 unspecified atom stereocenters. The van der Waals surface area contributed by atoms with Crippen molar-refractivity contribution in [3.8, 4) is 0 Å². The minimum absolute atomic E-state index is 0.231. The number of aromatic nitrogens is 1. The van der Waals surface area contributed by atoms with E-state index in [1.807, 2.05) is 6.07 Å². The van der Waals surface area contributed by atoms with Crippen LogP contribution in [0.1, 0.15) is 16.1 Å². The summed E-state index contributed by atoms with van der Waals surface area (Å²) in [4.78, 5) is 16.5. The second kappa shape index (κ2) is 4.98. The fourth-order valence-corrected chi connectivity index (χ4v) is 2.26. The zero-order chi connectivity index (χ0) is 14.1. The van der Waals surface area contributed by atoms with Crippen LogP contribution in [0.5, 0.6) is 0 Å². The number of halogens is 1. The van der Waals surface area contributed by atoms with Gasteiger partial charge >= 0.3 is 0 Å². The van der Waals surface area contributed by atoms with Crippen LogP contribution >= 0.6 is 11.6 Å². The van der Waals surface area contributed by atoms with Crippen molar-refractivity contribution in [3.05, 3.63) is 59.1 Å². The largest absolute Gasteiger partial charge is 0.469 e. The smallest absolute Gasteiger partial charge is 0.259 e. The van der Waals surface area contributed by atoms with Crippen LogP contribution in [0.4, 0.5) is 5.69 Å². The van der Waals surface area contributed by atoms with Crippen LogP contribution in [0.3, 0.4) is 0 Å². The second-order valence-corrected chi connectivity index (χ2v) is 4.75. The molecule has 2 aromatic heterocycles. The molecular weight excluding hydrogens is 276 g/mol. The van der Waals surface area contributed by atoms with E-state index < -0.39 is 0 Å². The number of carbonyl (C=O) groups excluding carboxylic acids is 1. The van der Waals surface area contributed by atoms with Gasteiger partial charge in [-0.05, 0) is 37.3 Å². The van der Waals surface area contributed by atoms with E-state index in [1.54, 1.807) is 37.4 Å². The van der Waals surface area contributed by atoms with Crippen LogP contribution < -0.4 is 5.32 Å². The number of aryl methyl sites for hydroxylation is 1. The van der Waals surface area contributed by atoms with Crippen molar-refractivity contribution >= 4 is 34.1 Å². The highest BCUT2D eigenvalue weighted by Gasteiger charge is 2.14. The number of carbonyl (C=O) groups is 1. The molecule has 1 amide bonds. The van der Waals surface area contributed by atoms with Gasteiger partial charge in [0.15, 0.2) is 0 Å². The average molecular weight is 287 g/mol. The summed E-state index contributed by atoms with van der Waals surface area (Å²) in [7, 11) is 0. The normalized spacial score (nSPS) is 10.7. The van der Waals surface area contributed by atoms with E-state index in [0.29, 0.717) is 27.6 Å². The summed E-state index contributed by atoms with van der Waals surface area (Å²) in [5.41, 5.74) is 1.79. The van der Waals surface area contributed by atoms with Gasteiger partial charge in [-0.15, -0.1) is 0 Å². The molecule has 4 nitrogen and oxygen atoms in total. The SMILES string of the molecule is Cc1occc1C(=O)Nc1ccc(Cl)c2cccnc12. The minimum atomic E-state index is -0.231. The summed E-state index contributed by atoms with van der Waals surface area (Å²) >= 11 is 6.12. The van der Waals surface area contributed by atoms with E-state index in [0.717, 1.165) is 5.39 Å². The van der Waals surface area contributed by atoms with Crippen LogP contribution in [0.15, 0.2) is 47.2 Å². The number of pyridine rings is 1. The van der Waals surface area contributed by atoms with Crippen LogP contribution in [-0.4, -0.2) is 10.9 Å². The molecule has 0 atom stereocenters. The molecule has 20 heavy (non-hydrogen) atoms. The molecule has 2 heterocycles. The highest BCUT2D eigenvalue weighted by molar-refractivity contribution is 6.36. The lowest BCUT2D eigenvalue weighted by molar-refractivity contribution is 0.102. The topological polar surface area (TPSA) is 55.1 Å². The summed E-state index contributed by atoms with van der Waals surface area (Å²) in [6, 6.07) is 8.79. The predicted octanol–water partition coefficient (Wildman–Crippen LogP) is 4.04. The Labute approximate surface area is 120 Å². The third-order valence-electron chi connectivity index (χ3n) is 3.07. The number of rotatable bonds is 2. The first kappa shape index (κ1) is 12.7. The number of amides is 1. The Bertz CT molecular complexity index is 795. The predicted molar refractivity (Wildman–Crippen MR) is 78.2 cm³/mol. The van der Waals surface area contributed by atoms with Gasteiger partial charge in [0.05, 0.1) is 28.1 Å². The summed E-state index contributed by atoms with van der Waals surface area (Å²) in [6.07, 6.45) is 3.15. The van der Waals surface area contributed by atoms with Crippen molar-refractivity contribution in [1.29, 1.82) is 0 Å². The molecule has 0 aliphatic heterocycles. The quantitative estimate of drug-likeness (QED) is 0.773. The maximum absolute atomic E-state index is 12.2. The molecule has 3 aromatic rings. The molecule has 0 radical (unpaired) electrons. The number of benzene rings is 1. The first-order valence-corrected chi connectivity index (χ1v) is 6.43. The van der Waals surface area contributed by atoms with E-state index in [2.05, 4.69) is 10.3 Å². The number of hydrogen-bond donors (Lipinski definition) is 1. The maximum atomic E-state index is 12.2. The molecule has 1 aromatic carbocycles. The van der Waals surface area contributed by atoms with Crippen molar-refractivity contribution in [1.82, 2.24) is 4.98 Å². The van der Waals surface area contributed by atoms with Crippen molar-refractivity contribution < 1.29 is 9.21 Å². The van der Waals surface area contributed by atoms with Crippen molar-refractivity contribution in [2.75, 3.05) is 5.32 Å². The summed E-state index contributed by atoms with van der Waals surface area (Å²) in [6.45, 7) is 1.74. The lowest BCUT2D eigenvalue weighted by Crippen LogP contribution is -2.12. The van der Waals surface area contributed by atoms with Crippen molar-refractivity contribution in [3.63, 3.8) is 0 Å². The Morgan fingerprint density at radius 2 is 2.15 bits per heavy atom. The van der Waals surface area contributed by atoms with Gasteiger partial charge < -0.3 is 9.73 Å². The Balaban J connectivity index is 2.02. The molecule has 100 valence electrons. The first-order valence-electron chi connectivity index (χ1n) is 6.05. The zero-order valence-corrected chi connectivity index (χ0v) is 11.4. The maximum Gasteiger partial charge on any atom is 0.259 e. The molecule has 0 aliphatic rings. The van der Waals surface area contributed by atoms with Gasteiger partial charge in [-0.1, -0.05) is 11.6 Å². The van der Waals surface area contributed by atoms with Gasteiger partial charge in [0.2, 0.25) is 0 Å². The molecule has 0 aliphatic carbocycles. The first-order chi connectivity index (χ1) is 9.66. The zero-order valence-electron chi connectivity index (χ0n) is 10.7. The monoisotopic (exact) mass is 286 g/mol. The standard InChI is InChI=1S/C15H11ClN2O2/c1-9-10(6-8-20-9)15(19)18-13-5-4-12(16)11-3-2-7-17-14(11)13/h2-8H,1H3,(H,18,19). The van der Waals surface area contributed by atoms with Crippen molar-refractivity contribution in [2.24, 2.45) is 0 Å². The van der Waals surface area contributed by atoms with Gasteiger partial charge in [-0.3, -0.25) is 9.78 Å². The third kappa shape index (κ3) is 2.14. The third-order valence-corrected chi connectivity index (χ3v) is 3.40. The summed E-state index contributed by atoms with van der Waals surface area (Å²) in [5, 5.41) is 4.24. The molecule has 0 bridgehead atoms. The van der Waals surface area contributed by atoms with Gasteiger partial charge in [-0.2, -0.15) is 0 Å². The number of nitrogens with zero attached hydrogens (tertiary/aromatic N) is 1. The van der Waals surface area contributed by atoms with Gasteiger partial charge in [0.1, 0.15) is 5.76 Å². The van der Waals surface area contributed by atoms with E-state index in [1.165, 1.54) is 6.26 Å². The Morgan fingerprint density at radius 1 is 1.30 bits per heavy atom. The van der Waals surface area contributed by atoms with Gasteiger partial charge in [0.25, 0.3) is 5.91 Å². The lowest BCUT2D eigenvalue weighted by atomic mass is 10.1. The fourth-order valence-electron chi connectivity index (χ4n) is 2.05. The molecular formula is C15H11ClN2O2. The highest BCUT2D eigenvalue weighted by atomic mass is 35.5. The van der Waals surface area contributed by atoms with Crippen LogP contribution in [0.25, 0.3) is 10.9 Å². The molecule has 0 saturated carbocycles. The molecule has 3 rings (SSSR count). The average Bonchev–Trinajstić information content (AvgIpc) is 2.88. The summed E-state index contributed by atoms with van der Waals surface area (Å²) in [5.74, 6) is 0.347. The number of nitrogens with one attached hydrogen (secondary N) is 1. The lowest BCUT2D eigenvalue weighted by Gasteiger charge is -2.08. The van der Waals surface area contributed by atoms with E-state index in [4.69, 9.17) is 16.0 Å². The van der Waals surface area contributed by atoms with Crippen molar-refractivity contribution in [2.45, 2.75) is 6.92 Å². The van der Waals surface area contributed by atoms with E-state index in [-0.39, 0.29) is 5.91 Å².